The van der Waals surface area contributed by atoms with Crippen molar-refractivity contribution in [1.29, 1.82) is 0 Å². The largest absolute Gasteiger partial charge is 0.489 e. The summed E-state index contributed by atoms with van der Waals surface area (Å²) in [4.78, 5) is 27.7. The SMILES string of the molecule is COC1=C(OC)C(=O)c2c([nH]c3ccccc23)C1=O. The maximum Gasteiger partial charge on any atom is 0.248 e. The lowest BCUT2D eigenvalue weighted by Gasteiger charge is -2.16. The topological polar surface area (TPSA) is 68.4 Å². The molecule has 0 bridgehead atoms. The summed E-state index contributed by atoms with van der Waals surface area (Å²) in [7, 11) is 2.69. The van der Waals surface area contributed by atoms with E-state index in [-0.39, 0.29) is 28.8 Å². The van der Waals surface area contributed by atoms with Crippen LogP contribution in [0.2, 0.25) is 0 Å². The quantitative estimate of drug-likeness (QED) is 0.894. The lowest BCUT2D eigenvalue weighted by Crippen LogP contribution is -2.23. The van der Waals surface area contributed by atoms with Crippen molar-refractivity contribution >= 4 is 22.5 Å². The number of fused-ring (bicyclic) bond motifs is 3. The smallest absolute Gasteiger partial charge is 0.248 e. The van der Waals surface area contributed by atoms with Crippen LogP contribution in [-0.4, -0.2) is 30.8 Å². The van der Waals surface area contributed by atoms with Gasteiger partial charge in [-0.3, -0.25) is 9.59 Å². The second-order valence-electron chi connectivity index (χ2n) is 4.15. The number of allylic oxidation sites excluding steroid dienone is 2. The molecule has 1 aliphatic carbocycles. The van der Waals surface area contributed by atoms with Gasteiger partial charge in [-0.1, -0.05) is 18.2 Å². The molecule has 1 aliphatic rings. The van der Waals surface area contributed by atoms with Gasteiger partial charge in [0.05, 0.1) is 19.8 Å². The summed E-state index contributed by atoms with van der Waals surface area (Å²) in [5.41, 5.74) is 1.34. The Kier molecular flexibility index (Phi) is 2.41. The van der Waals surface area contributed by atoms with Gasteiger partial charge in [0.25, 0.3) is 0 Å². The molecule has 0 unspecified atom stereocenters. The average molecular weight is 257 g/mol. The van der Waals surface area contributed by atoms with E-state index in [1.165, 1.54) is 14.2 Å². The van der Waals surface area contributed by atoms with E-state index in [0.29, 0.717) is 10.9 Å². The van der Waals surface area contributed by atoms with Crippen LogP contribution in [0.15, 0.2) is 35.8 Å². The molecular weight excluding hydrogens is 246 g/mol. The number of hydrogen-bond donors (Lipinski definition) is 1. The molecule has 5 heteroatoms. The Morgan fingerprint density at radius 3 is 2.26 bits per heavy atom. The fourth-order valence-corrected chi connectivity index (χ4v) is 2.35. The zero-order valence-corrected chi connectivity index (χ0v) is 10.4. The number of nitrogens with one attached hydrogen (secondary N) is 1. The van der Waals surface area contributed by atoms with Gasteiger partial charge in [-0.2, -0.15) is 0 Å². The first-order chi connectivity index (χ1) is 9.19. The Hall–Kier alpha value is -2.56. The summed E-state index contributed by atoms with van der Waals surface area (Å²) in [5.74, 6) is -0.826. The molecule has 0 saturated carbocycles. The lowest BCUT2D eigenvalue weighted by molar-refractivity contribution is 0.0828. The van der Waals surface area contributed by atoms with E-state index in [4.69, 9.17) is 9.47 Å². The number of aromatic amines is 1. The zero-order chi connectivity index (χ0) is 13.6. The van der Waals surface area contributed by atoms with E-state index >= 15 is 0 Å². The van der Waals surface area contributed by atoms with Crippen molar-refractivity contribution < 1.29 is 19.1 Å². The molecule has 3 rings (SSSR count). The molecule has 96 valence electrons. The highest BCUT2D eigenvalue weighted by Gasteiger charge is 2.37. The van der Waals surface area contributed by atoms with E-state index in [1.807, 2.05) is 18.2 Å². The Balaban J connectivity index is 2.35. The van der Waals surface area contributed by atoms with Crippen molar-refractivity contribution in [2.24, 2.45) is 0 Å². The molecule has 1 aromatic carbocycles. The number of benzene rings is 1. The molecule has 5 nitrogen and oxygen atoms in total. The van der Waals surface area contributed by atoms with Gasteiger partial charge >= 0.3 is 0 Å². The van der Waals surface area contributed by atoms with E-state index < -0.39 is 0 Å². The second kappa shape index (κ2) is 3.98. The Labute approximate surface area is 108 Å². The number of rotatable bonds is 2. The molecule has 0 fully saturated rings. The van der Waals surface area contributed by atoms with Crippen molar-refractivity contribution in [3.8, 4) is 0 Å². The predicted molar refractivity (Wildman–Crippen MR) is 68.0 cm³/mol. The van der Waals surface area contributed by atoms with Gasteiger partial charge in [0.15, 0.2) is 0 Å². The highest BCUT2D eigenvalue weighted by molar-refractivity contribution is 6.29. The van der Waals surface area contributed by atoms with E-state index in [0.717, 1.165) is 5.52 Å². The predicted octanol–water partition coefficient (Wildman–Crippen LogP) is 2.05. The van der Waals surface area contributed by atoms with Crippen LogP contribution in [0.5, 0.6) is 0 Å². The molecule has 0 atom stereocenters. The maximum atomic E-state index is 12.4. The third-order valence-electron chi connectivity index (χ3n) is 3.19. The van der Waals surface area contributed by atoms with Crippen molar-refractivity contribution in [3.63, 3.8) is 0 Å². The zero-order valence-electron chi connectivity index (χ0n) is 10.4. The first-order valence-electron chi connectivity index (χ1n) is 5.71. The number of hydrogen-bond acceptors (Lipinski definition) is 4. The van der Waals surface area contributed by atoms with Crippen LogP contribution in [0.3, 0.4) is 0 Å². The first-order valence-corrected chi connectivity index (χ1v) is 5.71. The van der Waals surface area contributed by atoms with E-state index in [9.17, 15) is 9.59 Å². The van der Waals surface area contributed by atoms with Crippen LogP contribution in [0, 0.1) is 0 Å². The minimum atomic E-state index is -0.370. The Morgan fingerprint density at radius 2 is 1.58 bits per heavy atom. The van der Waals surface area contributed by atoms with Crippen molar-refractivity contribution in [3.05, 3.63) is 47.0 Å². The molecule has 0 aliphatic heterocycles. The maximum absolute atomic E-state index is 12.4. The summed E-state index contributed by atoms with van der Waals surface area (Å²) in [5, 5.41) is 0.709. The first kappa shape index (κ1) is 11.5. The van der Waals surface area contributed by atoms with E-state index in [2.05, 4.69) is 4.98 Å². The molecule has 0 spiro atoms. The number of carbonyl (C=O) groups excluding carboxylic acids is 2. The molecule has 0 saturated heterocycles. The van der Waals surface area contributed by atoms with Crippen LogP contribution in [0.25, 0.3) is 10.9 Å². The number of aromatic nitrogens is 1. The molecular formula is C14H11NO4. The van der Waals surface area contributed by atoms with Crippen LogP contribution >= 0.6 is 0 Å². The monoisotopic (exact) mass is 257 g/mol. The van der Waals surface area contributed by atoms with Crippen molar-refractivity contribution in [2.45, 2.75) is 0 Å². The van der Waals surface area contributed by atoms with Crippen LogP contribution < -0.4 is 0 Å². The Bertz CT molecular complexity index is 739. The lowest BCUT2D eigenvalue weighted by atomic mass is 9.96. The average Bonchev–Trinajstić information content (AvgIpc) is 2.82. The molecule has 1 N–H and O–H groups in total. The van der Waals surface area contributed by atoms with Gasteiger partial charge in [0.1, 0.15) is 5.69 Å². The number of ether oxygens (including phenoxy) is 2. The number of H-pyrrole nitrogens is 1. The van der Waals surface area contributed by atoms with Crippen molar-refractivity contribution in [2.75, 3.05) is 14.2 Å². The second-order valence-corrected chi connectivity index (χ2v) is 4.15. The van der Waals surface area contributed by atoms with Gasteiger partial charge in [-0.05, 0) is 6.07 Å². The highest BCUT2D eigenvalue weighted by Crippen LogP contribution is 2.32. The van der Waals surface area contributed by atoms with Gasteiger partial charge in [0.2, 0.25) is 23.1 Å². The van der Waals surface area contributed by atoms with Crippen LogP contribution in [0.1, 0.15) is 20.8 Å². The number of para-hydroxylation sites is 1. The van der Waals surface area contributed by atoms with Crippen molar-refractivity contribution in [1.82, 2.24) is 4.98 Å². The molecule has 0 amide bonds. The standard InChI is InChI=1S/C14H11NO4/c1-18-13-11(16)9-7-5-3-4-6-8(7)15-10(9)12(17)14(13)19-2/h3-6,15H,1-2H3. The molecule has 1 heterocycles. The summed E-state index contributed by atoms with van der Waals surface area (Å²) < 4.78 is 10.0. The van der Waals surface area contributed by atoms with Crippen LogP contribution in [-0.2, 0) is 9.47 Å². The molecule has 2 aromatic rings. The van der Waals surface area contributed by atoms with Gasteiger partial charge in [0, 0.05) is 10.9 Å². The number of ketones is 2. The van der Waals surface area contributed by atoms with Gasteiger partial charge in [-0.15, -0.1) is 0 Å². The molecule has 1 aromatic heterocycles. The summed E-state index contributed by atoms with van der Waals surface area (Å²) in [6, 6.07) is 7.26. The minimum absolute atomic E-state index is 0.0512. The highest BCUT2D eigenvalue weighted by atomic mass is 16.5. The minimum Gasteiger partial charge on any atom is -0.489 e. The van der Waals surface area contributed by atoms with Gasteiger partial charge < -0.3 is 14.5 Å². The number of Topliss-reactive ketones (excluding diaryl/α,β-unsaturated/α-hetero) is 2. The molecule has 19 heavy (non-hydrogen) atoms. The molecule has 0 radical (unpaired) electrons. The van der Waals surface area contributed by atoms with Crippen LogP contribution in [0.4, 0.5) is 0 Å². The third kappa shape index (κ3) is 1.41. The fourth-order valence-electron chi connectivity index (χ4n) is 2.35. The Morgan fingerprint density at radius 1 is 0.947 bits per heavy atom. The normalized spacial score (nSPS) is 14.8. The van der Waals surface area contributed by atoms with E-state index in [1.54, 1.807) is 6.07 Å². The summed E-state index contributed by atoms with van der Waals surface area (Å²) in [6.45, 7) is 0. The summed E-state index contributed by atoms with van der Waals surface area (Å²) in [6.07, 6.45) is 0. The fraction of sp³-hybridized carbons (Fsp3) is 0.143. The third-order valence-corrected chi connectivity index (χ3v) is 3.19. The number of methoxy groups -OCH3 is 2. The number of carbonyl (C=O) groups is 2. The van der Waals surface area contributed by atoms with Gasteiger partial charge in [-0.25, -0.2) is 0 Å². The summed E-state index contributed by atoms with van der Waals surface area (Å²) >= 11 is 0.